The number of fused-ring (bicyclic) bond motifs is 1. The maximum atomic E-state index is 12.3. The van der Waals surface area contributed by atoms with E-state index in [1.165, 1.54) is 0 Å². The third-order valence-corrected chi connectivity index (χ3v) is 4.51. The van der Waals surface area contributed by atoms with Gasteiger partial charge in [-0.15, -0.1) is 0 Å². The van der Waals surface area contributed by atoms with Gasteiger partial charge in [-0.2, -0.15) is 0 Å². The van der Waals surface area contributed by atoms with Gasteiger partial charge in [-0.25, -0.2) is 9.78 Å². The van der Waals surface area contributed by atoms with Crippen molar-refractivity contribution in [3.05, 3.63) is 76.8 Å². The normalized spacial score (nSPS) is 16.1. The van der Waals surface area contributed by atoms with Crippen LogP contribution < -0.4 is 11.1 Å². The molecule has 27 heavy (non-hydrogen) atoms. The van der Waals surface area contributed by atoms with Gasteiger partial charge in [0.2, 0.25) is 0 Å². The van der Waals surface area contributed by atoms with E-state index in [4.69, 9.17) is 10.5 Å². The molecule has 0 fully saturated rings. The SMILES string of the molecule is CC(C)(C)OC(=O)c1ccc(C2=CC3=CC=C(CBr)NC3=CC=C2)nc1N. The fourth-order valence-corrected chi connectivity index (χ4v) is 3.00. The summed E-state index contributed by atoms with van der Waals surface area (Å²) in [7, 11) is 0. The number of pyridine rings is 1. The van der Waals surface area contributed by atoms with E-state index in [0.717, 1.165) is 27.9 Å². The van der Waals surface area contributed by atoms with E-state index >= 15 is 0 Å². The predicted octanol–water partition coefficient (Wildman–Crippen LogP) is 4.26. The van der Waals surface area contributed by atoms with Gasteiger partial charge in [0.25, 0.3) is 0 Å². The van der Waals surface area contributed by atoms with Gasteiger partial charge >= 0.3 is 5.97 Å². The molecular weight excluding hydrogens is 406 g/mol. The quantitative estimate of drug-likeness (QED) is 0.556. The third kappa shape index (κ3) is 4.57. The van der Waals surface area contributed by atoms with Crippen LogP contribution in [-0.4, -0.2) is 21.9 Å². The maximum absolute atomic E-state index is 12.3. The first kappa shape index (κ1) is 19.2. The first-order valence-electron chi connectivity index (χ1n) is 8.61. The summed E-state index contributed by atoms with van der Waals surface area (Å²) in [5.41, 5.74) is 10.5. The predicted molar refractivity (Wildman–Crippen MR) is 112 cm³/mol. The van der Waals surface area contributed by atoms with Crippen molar-refractivity contribution in [3.63, 3.8) is 0 Å². The fraction of sp³-hybridized carbons (Fsp3) is 0.238. The number of ether oxygens (including phenoxy) is 1. The van der Waals surface area contributed by atoms with Gasteiger partial charge in [0.05, 0.1) is 5.69 Å². The number of hydrogen-bond donors (Lipinski definition) is 2. The molecule has 1 aliphatic carbocycles. The average molecular weight is 428 g/mol. The lowest BCUT2D eigenvalue weighted by molar-refractivity contribution is 0.00704. The minimum atomic E-state index is -0.585. The second-order valence-corrected chi connectivity index (χ2v) is 7.80. The number of dihydropyridines is 1. The van der Waals surface area contributed by atoms with Crippen LogP contribution in [0.5, 0.6) is 0 Å². The number of carbonyl (C=O) groups is 1. The molecule has 2 heterocycles. The molecule has 1 aliphatic heterocycles. The van der Waals surface area contributed by atoms with E-state index in [2.05, 4.69) is 32.3 Å². The smallest absolute Gasteiger partial charge is 0.342 e. The minimum Gasteiger partial charge on any atom is -0.456 e. The van der Waals surface area contributed by atoms with Crippen LogP contribution >= 0.6 is 15.9 Å². The molecule has 0 saturated carbocycles. The van der Waals surface area contributed by atoms with Crippen LogP contribution in [0.1, 0.15) is 36.8 Å². The Bertz CT molecular complexity index is 931. The molecule has 140 valence electrons. The molecular formula is C21H22BrN3O2. The van der Waals surface area contributed by atoms with Crippen LogP contribution in [-0.2, 0) is 4.74 Å². The largest absolute Gasteiger partial charge is 0.456 e. The minimum absolute atomic E-state index is 0.158. The third-order valence-electron chi connectivity index (χ3n) is 3.90. The Morgan fingerprint density at radius 1 is 1.22 bits per heavy atom. The highest BCUT2D eigenvalue weighted by atomic mass is 79.9. The van der Waals surface area contributed by atoms with Gasteiger partial charge in [-0.3, -0.25) is 0 Å². The molecule has 0 spiro atoms. The van der Waals surface area contributed by atoms with E-state index in [1.807, 2.05) is 51.2 Å². The van der Waals surface area contributed by atoms with Gasteiger partial charge in [0, 0.05) is 22.3 Å². The Kier molecular flexibility index (Phi) is 5.37. The number of alkyl halides is 1. The molecule has 0 aromatic carbocycles. The summed E-state index contributed by atoms with van der Waals surface area (Å²) >= 11 is 3.46. The molecule has 0 unspecified atom stereocenters. The van der Waals surface area contributed by atoms with Crippen LogP contribution in [0.3, 0.4) is 0 Å². The number of nitrogens with one attached hydrogen (secondary N) is 1. The lowest BCUT2D eigenvalue weighted by Crippen LogP contribution is -2.24. The molecule has 0 atom stereocenters. The summed E-state index contributed by atoms with van der Waals surface area (Å²) < 4.78 is 5.38. The lowest BCUT2D eigenvalue weighted by Gasteiger charge is -2.20. The van der Waals surface area contributed by atoms with Gasteiger partial charge in [0.1, 0.15) is 17.0 Å². The number of esters is 1. The highest BCUT2D eigenvalue weighted by Gasteiger charge is 2.21. The standard InChI is InChI=1S/C21H22BrN3O2/c1-21(2,3)27-20(26)16-9-10-18(25-19(16)23)13-5-4-6-17-14(11-13)7-8-15(12-22)24-17/h4-11,24H,12H2,1-3H3,(H2,23,25). The number of rotatable bonds is 3. The highest BCUT2D eigenvalue weighted by Crippen LogP contribution is 2.27. The van der Waals surface area contributed by atoms with Crippen LogP contribution in [0.2, 0.25) is 0 Å². The van der Waals surface area contributed by atoms with E-state index in [1.54, 1.807) is 12.1 Å². The van der Waals surface area contributed by atoms with Crippen molar-refractivity contribution in [1.82, 2.24) is 10.3 Å². The molecule has 3 N–H and O–H groups in total. The van der Waals surface area contributed by atoms with Crippen molar-refractivity contribution in [2.75, 3.05) is 11.1 Å². The Balaban J connectivity index is 1.90. The van der Waals surface area contributed by atoms with Crippen molar-refractivity contribution in [2.24, 2.45) is 0 Å². The van der Waals surface area contributed by atoms with E-state index < -0.39 is 11.6 Å². The fourth-order valence-electron chi connectivity index (χ4n) is 2.67. The van der Waals surface area contributed by atoms with Crippen molar-refractivity contribution < 1.29 is 9.53 Å². The number of halogens is 1. The van der Waals surface area contributed by atoms with Crippen LogP contribution in [0, 0.1) is 0 Å². The summed E-state index contributed by atoms with van der Waals surface area (Å²) in [6.07, 6.45) is 12.1. The second-order valence-electron chi connectivity index (χ2n) is 7.24. The van der Waals surface area contributed by atoms with Crippen molar-refractivity contribution >= 4 is 33.3 Å². The Hall–Kier alpha value is -2.60. The first-order valence-corrected chi connectivity index (χ1v) is 9.73. The zero-order valence-corrected chi connectivity index (χ0v) is 17.1. The van der Waals surface area contributed by atoms with Crippen molar-refractivity contribution in [1.29, 1.82) is 0 Å². The number of hydrogen-bond acceptors (Lipinski definition) is 5. The summed E-state index contributed by atoms with van der Waals surface area (Å²) in [5.74, 6) is -0.314. The molecule has 0 saturated heterocycles. The number of nitrogens with zero attached hydrogens (tertiary/aromatic N) is 1. The zero-order chi connectivity index (χ0) is 19.6. The molecule has 6 heteroatoms. The van der Waals surface area contributed by atoms with Gasteiger partial charge in [-0.05, 0) is 56.7 Å². The summed E-state index contributed by atoms with van der Waals surface area (Å²) in [6.45, 7) is 5.45. The van der Waals surface area contributed by atoms with Gasteiger partial charge in [-0.1, -0.05) is 34.2 Å². The molecule has 0 amide bonds. The van der Waals surface area contributed by atoms with Crippen molar-refractivity contribution in [3.8, 4) is 0 Å². The summed E-state index contributed by atoms with van der Waals surface area (Å²) in [5, 5.41) is 4.14. The lowest BCUT2D eigenvalue weighted by atomic mass is 10.0. The number of nitrogen functional groups attached to an aromatic ring is 1. The average Bonchev–Trinajstić information content (AvgIpc) is 2.81. The number of aromatic nitrogens is 1. The topological polar surface area (TPSA) is 77.2 Å². The van der Waals surface area contributed by atoms with Gasteiger partial charge < -0.3 is 15.8 Å². The van der Waals surface area contributed by atoms with Gasteiger partial charge in [0.15, 0.2) is 0 Å². The van der Waals surface area contributed by atoms with Crippen molar-refractivity contribution in [2.45, 2.75) is 26.4 Å². The molecule has 0 bridgehead atoms. The zero-order valence-electron chi connectivity index (χ0n) is 15.5. The number of nitrogens with two attached hydrogens (primary N) is 1. The van der Waals surface area contributed by atoms with Crippen LogP contribution in [0.25, 0.3) is 5.57 Å². The molecule has 1 aromatic rings. The molecule has 5 nitrogen and oxygen atoms in total. The van der Waals surface area contributed by atoms with E-state index in [0.29, 0.717) is 5.69 Å². The number of carbonyl (C=O) groups excluding carboxylic acids is 1. The maximum Gasteiger partial charge on any atom is 0.342 e. The monoisotopic (exact) mass is 427 g/mol. The Morgan fingerprint density at radius 3 is 2.67 bits per heavy atom. The molecule has 0 radical (unpaired) electrons. The van der Waals surface area contributed by atoms with Crippen LogP contribution in [0.15, 0.2) is 65.6 Å². The summed E-state index contributed by atoms with van der Waals surface area (Å²) in [6, 6.07) is 3.45. The number of anilines is 1. The van der Waals surface area contributed by atoms with E-state index in [-0.39, 0.29) is 11.4 Å². The van der Waals surface area contributed by atoms with E-state index in [9.17, 15) is 4.79 Å². The van der Waals surface area contributed by atoms with Crippen LogP contribution in [0.4, 0.5) is 5.82 Å². The summed E-state index contributed by atoms with van der Waals surface area (Å²) in [4.78, 5) is 16.7. The second kappa shape index (κ2) is 7.56. The Labute approximate surface area is 167 Å². The highest BCUT2D eigenvalue weighted by molar-refractivity contribution is 9.09. The molecule has 1 aromatic heterocycles. The molecule has 3 rings (SSSR count). The Morgan fingerprint density at radius 2 is 2.00 bits per heavy atom. The first-order chi connectivity index (χ1) is 12.8. The molecule has 2 aliphatic rings. The number of allylic oxidation sites excluding steroid dienone is 8.